The molecule has 2 nitrogen and oxygen atoms in total. The summed E-state index contributed by atoms with van der Waals surface area (Å²) in [7, 11) is 0. The average Bonchev–Trinajstić information content (AvgIpc) is 1.27. The van der Waals surface area contributed by atoms with Gasteiger partial charge in [-0.3, -0.25) is 0 Å². The summed E-state index contributed by atoms with van der Waals surface area (Å²) in [5.41, 5.74) is 4.94. The van der Waals surface area contributed by atoms with Crippen molar-refractivity contribution in [2.24, 2.45) is 10.7 Å². The van der Waals surface area contributed by atoms with E-state index >= 15 is 0 Å². The summed E-state index contributed by atoms with van der Waals surface area (Å²) in [6.45, 7) is 4.35. The molecule has 0 aliphatic carbocycles. The molecular weight excluding hydrogens is 95.1 g/mol. The molecule has 3 heteroatoms. The van der Waals surface area contributed by atoms with Gasteiger partial charge in [-0.2, -0.15) is 4.39 Å². The molecule has 0 heterocycles. The minimum absolute atomic E-state index is 0.188. The highest BCUT2D eigenvalue weighted by Gasteiger charge is 1.79. The fourth-order valence-electron chi connectivity index (χ4n) is 0.191. The monoisotopic (exact) mass is 102 g/mol. The Balaban J connectivity index is 3.68. The molecule has 0 aliphatic heterocycles. The summed E-state index contributed by atoms with van der Waals surface area (Å²) in [5.74, 6) is -0.562. The van der Waals surface area contributed by atoms with Crippen LogP contribution in [0.5, 0.6) is 0 Å². The van der Waals surface area contributed by atoms with E-state index in [4.69, 9.17) is 5.73 Å². The fourth-order valence-corrected chi connectivity index (χ4v) is 0.191. The first-order chi connectivity index (χ1) is 3.13. The summed E-state index contributed by atoms with van der Waals surface area (Å²) in [6.07, 6.45) is 0. The van der Waals surface area contributed by atoms with Crippen molar-refractivity contribution in [2.75, 3.05) is 0 Å². The maximum atomic E-state index is 11.5. The van der Waals surface area contributed by atoms with Gasteiger partial charge >= 0.3 is 0 Å². The highest BCUT2D eigenvalue weighted by Crippen LogP contribution is 1.89. The molecule has 0 saturated heterocycles. The van der Waals surface area contributed by atoms with Gasteiger partial charge in [0, 0.05) is 0 Å². The zero-order valence-corrected chi connectivity index (χ0v) is 4.11. The van der Waals surface area contributed by atoms with Crippen LogP contribution in [0.25, 0.3) is 0 Å². The van der Waals surface area contributed by atoms with Gasteiger partial charge in [0.1, 0.15) is 0 Å². The number of amidine groups is 1. The Bertz CT molecular complexity index is 102. The van der Waals surface area contributed by atoms with Gasteiger partial charge in [0.2, 0.25) is 5.95 Å². The first kappa shape index (κ1) is 6.14. The molecule has 0 aromatic carbocycles. The lowest BCUT2D eigenvalue weighted by atomic mass is 10.7. The maximum Gasteiger partial charge on any atom is 0.207 e. The van der Waals surface area contributed by atoms with Crippen LogP contribution in [0.1, 0.15) is 6.92 Å². The number of nitrogens with zero attached hydrogens (tertiary/aromatic N) is 1. The minimum Gasteiger partial charge on any atom is -0.387 e. The third-order valence-corrected chi connectivity index (χ3v) is 0.298. The molecule has 0 aromatic rings. The predicted molar refractivity (Wildman–Crippen MR) is 27.5 cm³/mol. The molecule has 0 atom stereocenters. The minimum atomic E-state index is -0.750. The molecule has 0 saturated carbocycles. The molecule has 7 heavy (non-hydrogen) atoms. The van der Waals surface area contributed by atoms with Gasteiger partial charge in [-0.05, 0) is 13.5 Å². The summed E-state index contributed by atoms with van der Waals surface area (Å²) in [6, 6.07) is 0. The second kappa shape index (κ2) is 2.34. The van der Waals surface area contributed by atoms with E-state index in [1.54, 1.807) is 0 Å². The number of aliphatic imine (C=N–C) groups is 1. The molecule has 0 unspecified atom stereocenters. The summed E-state index contributed by atoms with van der Waals surface area (Å²) < 4.78 is 11.5. The number of halogens is 1. The quantitative estimate of drug-likeness (QED) is 0.297. The molecule has 0 rings (SSSR count). The Hall–Kier alpha value is -0.860. The summed E-state index contributed by atoms with van der Waals surface area (Å²) in [5, 5.41) is 0. The predicted octanol–water partition coefficient (Wildman–Crippen LogP) is 0.804. The van der Waals surface area contributed by atoms with Gasteiger partial charge in [0.15, 0.2) is 0 Å². The van der Waals surface area contributed by atoms with Crippen molar-refractivity contribution >= 4 is 5.84 Å². The van der Waals surface area contributed by atoms with Crippen LogP contribution in [-0.4, -0.2) is 5.84 Å². The Morgan fingerprint density at radius 1 is 1.86 bits per heavy atom. The normalized spacial score (nSPS) is 11.4. The lowest BCUT2D eigenvalue weighted by molar-refractivity contribution is 0.632. The summed E-state index contributed by atoms with van der Waals surface area (Å²) in [4.78, 5) is 3.11. The zero-order valence-electron chi connectivity index (χ0n) is 4.11. The van der Waals surface area contributed by atoms with Crippen molar-refractivity contribution in [3.8, 4) is 0 Å². The SMILES string of the molecule is C=C(F)N=C(C)N. The molecule has 0 bridgehead atoms. The van der Waals surface area contributed by atoms with Gasteiger partial charge in [0.05, 0.1) is 5.84 Å². The second-order valence-electron chi connectivity index (χ2n) is 1.13. The number of hydrogen-bond donors (Lipinski definition) is 1. The topological polar surface area (TPSA) is 38.4 Å². The van der Waals surface area contributed by atoms with Gasteiger partial charge in [-0.25, -0.2) is 4.99 Å². The van der Waals surface area contributed by atoms with Crippen molar-refractivity contribution in [3.05, 3.63) is 12.5 Å². The summed E-state index contributed by atoms with van der Waals surface area (Å²) >= 11 is 0. The van der Waals surface area contributed by atoms with Crippen LogP contribution in [0, 0.1) is 0 Å². The van der Waals surface area contributed by atoms with Crippen LogP contribution in [0.2, 0.25) is 0 Å². The number of rotatable bonds is 1. The molecule has 0 amide bonds. The van der Waals surface area contributed by atoms with E-state index in [9.17, 15) is 4.39 Å². The Morgan fingerprint density at radius 3 is 2.29 bits per heavy atom. The van der Waals surface area contributed by atoms with Crippen molar-refractivity contribution in [1.29, 1.82) is 0 Å². The Kier molecular flexibility index (Phi) is 2.05. The van der Waals surface area contributed by atoms with E-state index < -0.39 is 5.95 Å². The molecule has 40 valence electrons. The van der Waals surface area contributed by atoms with Crippen molar-refractivity contribution < 1.29 is 4.39 Å². The molecule has 2 N–H and O–H groups in total. The molecule has 0 radical (unpaired) electrons. The van der Waals surface area contributed by atoms with E-state index in [1.807, 2.05) is 0 Å². The highest BCUT2D eigenvalue weighted by atomic mass is 19.1. The largest absolute Gasteiger partial charge is 0.387 e. The third-order valence-electron chi connectivity index (χ3n) is 0.298. The smallest absolute Gasteiger partial charge is 0.207 e. The van der Waals surface area contributed by atoms with Gasteiger partial charge < -0.3 is 5.73 Å². The Labute approximate surface area is 41.5 Å². The van der Waals surface area contributed by atoms with E-state index in [0.29, 0.717) is 0 Å². The van der Waals surface area contributed by atoms with Gasteiger partial charge in [0.25, 0.3) is 0 Å². The highest BCUT2D eigenvalue weighted by molar-refractivity contribution is 5.78. The first-order valence-corrected chi connectivity index (χ1v) is 1.78. The van der Waals surface area contributed by atoms with Crippen LogP contribution < -0.4 is 5.73 Å². The lowest BCUT2D eigenvalue weighted by Gasteiger charge is -1.82. The zero-order chi connectivity index (χ0) is 5.86. The van der Waals surface area contributed by atoms with Crippen LogP contribution in [0.3, 0.4) is 0 Å². The molecule has 0 aliphatic rings. The molecular formula is C4H7FN2. The third kappa shape index (κ3) is 5.14. The van der Waals surface area contributed by atoms with Gasteiger partial charge in [-0.15, -0.1) is 0 Å². The molecule has 0 aromatic heterocycles. The van der Waals surface area contributed by atoms with Crippen LogP contribution in [0.15, 0.2) is 17.5 Å². The van der Waals surface area contributed by atoms with Gasteiger partial charge in [-0.1, -0.05) is 0 Å². The van der Waals surface area contributed by atoms with E-state index in [1.165, 1.54) is 6.92 Å². The van der Waals surface area contributed by atoms with Crippen molar-refractivity contribution in [1.82, 2.24) is 0 Å². The molecule has 0 fully saturated rings. The first-order valence-electron chi connectivity index (χ1n) is 1.78. The van der Waals surface area contributed by atoms with E-state index in [-0.39, 0.29) is 5.84 Å². The van der Waals surface area contributed by atoms with E-state index in [0.717, 1.165) is 0 Å². The standard InChI is InChI=1S/C4H7FN2/c1-3(5)7-4(2)6/h1H2,2H3,(H2,6,7). The Morgan fingerprint density at radius 2 is 2.29 bits per heavy atom. The van der Waals surface area contributed by atoms with E-state index in [2.05, 4.69) is 11.6 Å². The van der Waals surface area contributed by atoms with Crippen LogP contribution in [0.4, 0.5) is 4.39 Å². The molecule has 0 spiro atoms. The fraction of sp³-hybridized carbons (Fsp3) is 0.250. The maximum absolute atomic E-state index is 11.5. The van der Waals surface area contributed by atoms with Crippen LogP contribution >= 0.6 is 0 Å². The van der Waals surface area contributed by atoms with Crippen molar-refractivity contribution in [3.63, 3.8) is 0 Å². The lowest BCUT2D eigenvalue weighted by Crippen LogP contribution is -2.04. The number of nitrogens with two attached hydrogens (primary N) is 1. The number of hydrogen-bond acceptors (Lipinski definition) is 1. The average molecular weight is 102 g/mol. The van der Waals surface area contributed by atoms with Crippen molar-refractivity contribution in [2.45, 2.75) is 6.92 Å². The second-order valence-corrected chi connectivity index (χ2v) is 1.13. The van der Waals surface area contributed by atoms with Crippen LogP contribution in [-0.2, 0) is 0 Å².